The van der Waals surface area contributed by atoms with E-state index in [1.165, 1.54) is 19.3 Å². The fraction of sp³-hybridized carbons (Fsp3) is 0.250. The van der Waals surface area contributed by atoms with E-state index in [1.54, 1.807) is 18.2 Å². The molecule has 0 atom stereocenters. The normalized spacial score (nSPS) is 10.5. The molecule has 0 saturated carbocycles. The van der Waals surface area contributed by atoms with E-state index >= 15 is 0 Å². The number of benzene rings is 1. The number of carboxylic acids is 1. The fourth-order valence-electron chi connectivity index (χ4n) is 1.45. The summed E-state index contributed by atoms with van der Waals surface area (Å²) in [5.41, 5.74) is 0.274. The van der Waals surface area contributed by atoms with E-state index in [-0.39, 0.29) is 17.9 Å². The lowest BCUT2D eigenvalue weighted by Crippen LogP contribution is -1.96. The quantitative estimate of drug-likeness (QED) is 0.619. The number of hydrogen-bond donors (Lipinski definition) is 1. The fourth-order valence-corrected chi connectivity index (χ4v) is 1.45. The summed E-state index contributed by atoms with van der Waals surface area (Å²) < 4.78 is 4.92. The minimum Gasteiger partial charge on any atom is -0.490 e. The van der Waals surface area contributed by atoms with Crippen molar-refractivity contribution in [3.8, 4) is 5.75 Å². The average Bonchev–Trinajstić information content (AvgIpc) is 2.33. The number of methoxy groups -OCH3 is 1. The second-order valence-electron chi connectivity index (χ2n) is 3.49. The summed E-state index contributed by atoms with van der Waals surface area (Å²) in [5, 5.41) is 19.4. The molecular weight excluding hydrogens is 238 g/mol. The van der Waals surface area contributed by atoms with Gasteiger partial charge in [0.2, 0.25) is 0 Å². The maximum Gasteiger partial charge on any atom is 0.318 e. The Hall–Kier alpha value is -2.37. The second kappa shape index (κ2) is 6.39. The van der Waals surface area contributed by atoms with Gasteiger partial charge in [-0.15, -0.1) is 0 Å². The number of ether oxygens (including phenoxy) is 1. The van der Waals surface area contributed by atoms with Gasteiger partial charge in [0.25, 0.3) is 0 Å². The summed E-state index contributed by atoms with van der Waals surface area (Å²) in [5.74, 6) is -0.722. The molecule has 6 heteroatoms. The first-order valence-corrected chi connectivity index (χ1v) is 5.26. The van der Waals surface area contributed by atoms with E-state index in [9.17, 15) is 14.9 Å². The molecule has 1 aromatic rings. The van der Waals surface area contributed by atoms with E-state index in [0.29, 0.717) is 12.0 Å². The number of hydrogen-bond acceptors (Lipinski definition) is 4. The Bertz CT molecular complexity index is 481. The van der Waals surface area contributed by atoms with Crippen molar-refractivity contribution in [2.45, 2.75) is 12.8 Å². The van der Waals surface area contributed by atoms with Gasteiger partial charge >= 0.3 is 11.7 Å². The topological polar surface area (TPSA) is 89.7 Å². The van der Waals surface area contributed by atoms with E-state index in [1.807, 2.05) is 0 Å². The van der Waals surface area contributed by atoms with E-state index < -0.39 is 10.9 Å². The summed E-state index contributed by atoms with van der Waals surface area (Å²) in [7, 11) is 1.36. The van der Waals surface area contributed by atoms with Crippen molar-refractivity contribution >= 4 is 17.7 Å². The molecule has 0 saturated heterocycles. The number of para-hydroxylation sites is 1. The Kier molecular flexibility index (Phi) is 4.86. The van der Waals surface area contributed by atoms with Gasteiger partial charge < -0.3 is 9.84 Å². The Morgan fingerprint density at radius 3 is 2.83 bits per heavy atom. The highest BCUT2D eigenvalue weighted by Gasteiger charge is 2.18. The van der Waals surface area contributed by atoms with Crippen LogP contribution in [-0.2, 0) is 4.79 Å². The van der Waals surface area contributed by atoms with Crippen molar-refractivity contribution in [2.75, 3.05) is 7.11 Å². The number of carboxylic acid groups (broad SMARTS) is 1. The van der Waals surface area contributed by atoms with Crippen LogP contribution in [0.3, 0.4) is 0 Å². The molecular formula is C12H13NO5. The number of aliphatic carboxylic acids is 1. The molecule has 1 rings (SSSR count). The van der Waals surface area contributed by atoms with Crippen LogP contribution in [0.25, 0.3) is 6.08 Å². The van der Waals surface area contributed by atoms with E-state index in [0.717, 1.165) is 0 Å². The van der Waals surface area contributed by atoms with Crippen molar-refractivity contribution in [1.82, 2.24) is 0 Å². The predicted octanol–water partition coefficient (Wildman–Crippen LogP) is 2.48. The minimum atomic E-state index is -0.903. The Balaban J connectivity index is 2.94. The second-order valence-corrected chi connectivity index (χ2v) is 3.49. The third kappa shape index (κ3) is 3.58. The number of allylic oxidation sites excluding steroid dienone is 1. The molecule has 0 heterocycles. The summed E-state index contributed by atoms with van der Waals surface area (Å²) >= 11 is 0. The monoisotopic (exact) mass is 251 g/mol. The summed E-state index contributed by atoms with van der Waals surface area (Å²) in [6, 6.07) is 4.73. The lowest BCUT2D eigenvalue weighted by atomic mass is 10.1. The van der Waals surface area contributed by atoms with Crippen LogP contribution in [0.2, 0.25) is 0 Å². The van der Waals surface area contributed by atoms with Crippen molar-refractivity contribution in [1.29, 1.82) is 0 Å². The Morgan fingerprint density at radius 2 is 2.28 bits per heavy atom. The summed E-state index contributed by atoms with van der Waals surface area (Å²) in [6.07, 6.45) is 3.44. The number of nitro groups is 1. The van der Waals surface area contributed by atoms with Crippen molar-refractivity contribution in [3.63, 3.8) is 0 Å². The average molecular weight is 251 g/mol. The lowest BCUT2D eigenvalue weighted by molar-refractivity contribution is -0.386. The highest BCUT2D eigenvalue weighted by atomic mass is 16.6. The molecule has 18 heavy (non-hydrogen) atoms. The van der Waals surface area contributed by atoms with Crippen LogP contribution >= 0.6 is 0 Å². The van der Waals surface area contributed by atoms with Gasteiger partial charge in [-0.2, -0.15) is 0 Å². The molecule has 0 aliphatic heterocycles. The van der Waals surface area contributed by atoms with Crippen LogP contribution < -0.4 is 4.74 Å². The molecule has 0 aromatic heterocycles. The molecule has 0 aliphatic rings. The molecule has 0 aliphatic carbocycles. The van der Waals surface area contributed by atoms with Gasteiger partial charge in [-0.05, 0) is 18.6 Å². The van der Waals surface area contributed by atoms with Crippen molar-refractivity contribution in [3.05, 3.63) is 40.0 Å². The molecule has 0 amide bonds. The molecule has 0 spiro atoms. The zero-order valence-electron chi connectivity index (χ0n) is 9.83. The maximum atomic E-state index is 10.9. The van der Waals surface area contributed by atoms with Crippen molar-refractivity contribution in [2.24, 2.45) is 0 Å². The van der Waals surface area contributed by atoms with E-state index in [4.69, 9.17) is 9.84 Å². The van der Waals surface area contributed by atoms with Crippen LogP contribution in [0.4, 0.5) is 5.69 Å². The van der Waals surface area contributed by atoms with Gasteiger partial charge in [0, 0.05) is 6.42 Å². The summed E-state index contributed by atoms with van der Waals surface area (Å²) in [6.45, 7) is 0. The third-order valence-electron chi connectivity index (χ3n) is 2.25. The SMILES string of the molecule is COc1cccc(C=CCCC(=O)O)c1[N+](=O)[O-]. The lowest BCUT2D eigenvalue weighted by Gasteiger charge is -2.03. The molecule has 0 fully saturated rings. The standard InChI is InChI=1S/C12H13NO5/c1-18-10-7-4-6-9(12(10)13(16)17)5-2-3-8-11(14)15/h2,4-7H,3,8H2,1H3,(H,14,15). The first-order chi connectivity index (χ1) is 8.56. The van der Waals surface area contributed by atoms with Gasteiger partial charge in [0.15, 0.2) is 5.75 Å². The molecule has 0 bridgehead atoms. The van der Waals surface area contributed by atoms with Crippen LogP contribution in [0.1, 0.15) is 18.4 Å². The van der Waals surface area contributed by atoms with Gasteiger partial charge in [-0.1, -0.05) is 18.2 Å². The minimum absolute atomic E-state index is 0.00569. The molecule has 0 radical (unpaired) electrons. The van der Waals surface area contributed by atoms with Crippen LogP contribution in [0.15, 0.2) is 24.3 Å². The zero-order chi connectivity index (χ0) is 13.5. The van der Waals surface area contributed by atoms with Gasteiger partial charge in [-0.3, -0.25) is 14.9 Å². The zero-order valence-corrected chi connectivity index (χ0v) is 9.83. The van der Waals surface area contributed by atoms with Crippen LogP contribution in [0.5, 0.6) is 5.75 Å². The largest absolute Gasteiger partial charge is 0.490 e. The van der Waals surface area contributed by atoms with Crippen LogP contribution in [0, 0.1) is 10.1 Å². The summed E-state index contributed by atoms with van der Waals surface area (Å²) in [4.78, 5) is 20.7. The smallest absolute Gasteiger partial charge is 0.318 e. The van der Waals surface area contributed by atoms with Gasteiger partial charge in [-0.25, -0.2) is 0 Å². The van der Waals surface area contributed by atoms with Crippen molar-refractivity contribution < 1.29 is 19.6 Å². The first kappa shape index (κ1) is 13.7. The van der Waals surface area contributed by atoms with Crippen LogP contribution in [-0.4, -0.2) is 23.1 Å². The molecule has 96 valence electrons. The highest BCUT2D eigenvalue weighted by molar-refractivity contribution is 5.68. The van der Waals surface area contributed by atoms with Gasteiger partial charge in [0.1, 0.15) is 0 Å². The molecule has 0 unspecified atom stereocenters. The maximum absolute atomic E-state index is 10.9. The molecule has 1 aromatic carbocycles. The molecule has 6 nitrogen and oxygen atoms in total. The number of rotatable bonds is 6. The van der Waals surface area contributed by atoms with Gasteiger partial charge in [0.05, 0.1) is 17.6 Å². The number of nitrogens with zero attached hydrogens (tertiary/aromatic N) is 1. The van der Waals surface area contributed by atoms with E-state index in [2.05, 4.69) is 0 Å². The highest BCUT2D eigenvalue weighted by Crippen LogP contribution is 2.31. The Morgan fingerprint density at radius 1 is 1.56 bits per heavy atom. The third-order valence-corrected chi connectivity index (χ3v) is 2.25. The first-order valence-electron chi connectivity index (χ1n) is 5.26. The molecule has 1 N–H and O–H groups in total. The number of nitro benzene ring substituents is 1. The Labute approximate surface area is 104 Å². The number of carbonyl (C=O) groups is 1. The predicted molar refractivity (Wildman–Crippen MR) is 65.6 cm³/mol.